The van der Waals surface area contributed by atoms with Gasteiger partial charge in [0.05, 0.1) is 27.0 Å². The van der Waals surface area contributed by atoms with Gasteiger partial charge >= 0.3 is 0 Å². The Labute approximate surface area is 226 Å². The van der Waals surface area contributed by atoms with E-state index >= 15 is 0 Å². The normalized spacial score (nSPS) is 12.4. The van der Waals surface area contributed by atoms with Crippen molar-refractivity contribution in [2.75, 3.05) is 23.7 Å². The van der Waals surface area contributed by atoms with Crippen LogP contribution < -0.4 is 9.62 Å². The highest BCUT2D eigenvalue weighted by Crippen LogP contribution is 2.31. The molecular formula is C23H27Cl4N3O4S. The Bertz CT molecular complexity index is 1190. The van der Waals surface area contributed by atoms with E-state index in [0.717, 1.165) is 10.6 Å². The fourth-order valence-electron chi connectivity index (χ4n) is 3.15. The molecule has 0 aliphatic carbocycles. The second-order valence-corrected chi connectivity index (χ2v) is 12.0. The van der Waals surface area contributed by atoms with E-state index in [4.69, 9.17) is 46.4 Å². The SMILES string of the molecule is CC(C)CNC(=O)[C@H](C)N(Cc1ccc(Cl)c(Cl)c1)C(=O)CN(c1ccc(Cl)cc1Cl)S(C)(=O)=O. The lowest BCUT2D eigenvalue weighted by atomic mass is 10.1. The highest BCUT2D eigenvalue weighted by molar-refractivity contribution is 7.92. The van der Waals surface area contributed by atoms with Gasteiger partial charge in [-0.25, -0.2) is 8.42 Å². The largest absolute Gasteiger partial charge is 0.354 e. The average Bonchev–Trinajstić information content (AvgIpc) is 2.75. The van der Waals surface area contributed by atoms with E-state index in [2.05, 4.69) is 5.32 Å². The molecule has 7 nitrogen and oxygen atoms in total. The van der Waals surface area contributed by atoms with Crippen LogP contribution >= 0.6 is 46.4 Å². The summed E-state index contributed by atoms with van der Waals surface area (Å²) in [5.74, 6) is -0.777. The minimum Gasteiger partial charge on any atom is -0.354 e. The summed E-state index contributed by atoms with van der Waals surface area (Å²) in [6, 6.07) is 8.23. The smallest absolute Gasteiger partial charge is 0.244 e. The number of carbonyl (C=O) groups excluding carboxylic acids is 2. The zero-order chi connectivity index (χ0) is 26.5. The molecule has 0 saturated carbocycles. The van der Waals surface area contributed by atoms with Gasteiger partial charge in [-0.2, -0.15) is 0 Å². The van der Waals surface area contributed by atoms with Crippen molar-refractivity contribution in [3.05, 3.63) is 62.1 Å². The van der Waals surface area contributed by atoms with Gasteiger partial charge in [0.15, 0.2) is 0 Å². The van der Waals surface area contributed by atoms with Gasteiger partial charge in [0.2, 0.25) is 21.8 Å². The highest BCUT2D eigenvalue weighted by atomic mass is 35.5. The Balaban J connectivity index is 2.42. The number of nitrogens with one attached hydrogen (secondary N) is 1. The molecule has 0 fully saturated rings. The maximum Gasteiger partial charge on any atom is 0.244 e. The summed E-state index contributed by atoms with van der Waals surface area (Å²) in [5, 5.41) is 3.82. The van der Waals surface area contributed by atoms with Crippen molar-refractivity contribution in [1.82, 2.24) is 10.2 Å². The van der Waals surface area contributed by atoms with Gasteiger partial charge in [0.1, 0.15) is 12.6 Å². The molecule has 192 valence electrons. The van der Waals surface area contributed by atoms with Crippen LogP contribution in [0, 0.1) is 5.92 Å². The zero-order valence-corrected chi connectivity index (χ0v) is 23.5. The predicted molar refractivity (Wildman–Crippen MR) is 143 cm³/mol. The molecule has 0 spiro atoms. The lowest BCUT2D eigenvalue weighted by molar-refractivity contribution is -0.139. The molecule has 0 saturated heterocycles. The number of hydrogen-bond acceptors (Lipinski definition) is 4. The molecule has 0 bridgehead atoms. The van der Waals surface area contributed by atoms with E-state index in [0.29, 0.717) is 27.2 Å². The van der Waals surface area contributed by atoms with Gasteiger partial charge in [-0.3, -0.25) is 13.9 Å². The molecule has 0 aliphatic heterocycles. The van der Waals surface area contributed by atoms with Crippen molar-refractivity contribution in [2.45, 2.75) is 33.4 Å². The van der Waals surface area contributed by atoms with Gasteiger partial charge < -0.3 is 10.2 Å². The standard InChI is InChI=1S/C23H27Cl4N3O4S/c1-14(2)11-28-23(32)15(3)29(12-16-5-7-18(25)19(26)9-16)22(31)13-30(35(4,33)34)21-8-6-17(24)10-20(21)27/h5-10,14-15H,11-13H2,1-4H3,(H,28,32)/t15-/m0/s1. The number of sulfonamides is 1. The first kappa shape index (κ1) is 29.5. The van der Waals surface area contributed by atoms with Crippen LogP contribution in [0.25, 0.3) is 0 Å². The quantitative estimate of drug-likeness (QED) is 0.414. The molecule has 12 heteroatoms. The van der Waals surface area contributed by atoms with Crippen LogP contribution in [0.15, 0.2) is 36.4 Å². The molecule has 0 heterocycles. The Morgan fingerprint density at radius 1 is 0.943 bits per heavy atom. The lowest BCUT2D eigenvalue weighted by Gasteiger charge is -2.32. The van der Waals surface area contributed by atoms with Gasteiger partial charge in [-0.1, -0.05) is 66.3 Å². The van der Waals surface area contributed by atoms with Gasteiger partial charge in [0, 0.05) is 18.1 Å². The minimum atomic E-state index is -3.92. The maximum atomic E-state index is 13.5. The van der Waals surface area contributed by atoms with Crippen LogP contribution in [0.4, 0.5) is 5.69 Å². The number of amides is 2. The van der Waals surface area contributed by atoms with Gasteiger partial charge in [-0.05, 0) is 48.7 Å². The third-order valence-electron chi connectivity index (χ3n) is 5.05. The fourth-order valence-corrected chi connectivity index (χ4v) is 4.89. The van der Waals surface area contributed by atoms with Crippen molar-refractivity contribution < 1.29 is 18.0 Å². The molecule has 1 N–H and O–H groups in total. The number of benzene rings is 2. The van der Waals surface area contributed by atoms with Crippen molar-refractivity contribution in [3.8, 4) is 0 Å². The number of rotatable bonds is 10. The zero-order valence-electron chi connectivity index (χ0n) is 19.7. The van der Waals surface area contributed by atoms with Gasteiger partial charge in [-0.15, -0.1) is 0 Å². The molecular weight excluding hydrogens is 556 g/mol. The fraction of sp³-hybridized carbons (Fsp3) is 0.391. The molecule has 0 aliphatic rings. The summed E-state index contributed by atoms with van der Waals surface area (Å²) in [5.41, 5.74) is 0.713. The highest BCUT2D eigenvalue weighted by Gasteiger charge is 2.31. The number of nitrogens with zero attached hydrogens (tertiary/aromatic N) is 2. The van der Waals surface area contributed by atoms with Crippen LogP contribution in [-0.4, -0.2) is 50.5 Å². The van der Waals surface area contributed by atoms with E-state index in [1.165, 1.54) is 23.1 Å². The Morgan fingerprint density at radius 2 is 1.60 bits per heavy atom. The maximum absolute atomic E-state index is 13.5. The van der Waals surface area contributed by atoms with E-state index in [1.54, 1.807) is 25.1 Å². The van der Waals surface area contributed by atoms with Crippen LogP contribution in [0.2, 0.25) is 20.1 Å². The first-order chi connectivity index (χ1) is 16.2. The van der Waals surface area contributed by atoms with Crippen LogP contribution in [0.1, 0.15) is 26.3 Å². The van der Waals surface area contributed by atoms with Crippen LogP contribution in [0.3, 0.4) is 0 Å². The second-order valence-electron chi connectivity index (χ2n) is 8.45. The number of carbonyl (C=O) groups is 2. The summed E-state index contributed by atoms with van der Waals surface area (Å²) < 4.78 is 26.1. The van der Waals surface area contributed by atoms with Crippen LogP contribution in [-0.2, 0) is 26.2 Å². The Hall–Kier alpha value is -1.71. The van der Waals surface area contributed by atoms with Gasteiger partial charge in [0.25, 0.3) is 0 Å². The van der Waals surface area contributed by atoms with Crippen LogP contribution in [0.5, 0.6) is 0 Å². The number of hydrogen-bond donors (Lipinski definition) is 1. The molecule has 0 aromatic heterocycles. The van der Waals surface area contributed by atoms with Crippen molar-refractivity contribution in [2.24, 2.45) is 5.92 Å². The Morgan fingerprint density at radius 3 is 2.14 bits per heavy atom. The third-order valence-corrected chi connectivity index (χ3v) is 7.45. The molecule has 2 aromatic carbocycles. The summed E-state index contributed by atoms with van der Waals surface area (Å²) in [7, 11) is -3.92. The molecule has 2 aromatic rings. The summed E-state index contributed by atoms with van der Waals surface area (Å²) >= 11 is 24.3. The van der Waals surface area contributed by atoms with Crippen molar-refractivity contribution in [1.29, 1.82) is 0 Å². The lowest BCUT2D eigenvalue weighted by Crippen LogP contribution is -2.51. The monoisotopic (exact) mass is 581 g/mol. The Kier molecular flexibility index (Phi) is 10.5. The van der Waals surface area contributed by atoms with E-state index in [1.807, 2.05) is 13.8 Å². The third kappa shape index (κ3) is 8.43. The van der Waals surface area contributed by atoms with E-state index in [-0.39, 0.29) is 29.1 Å². The van der Waals surface area contributed by atoms with E-state index in [9.17, 15) is 18.0 Å². The molecule has 1 atom stereocenters. The summed E-state index contributed by atoms with van der Waals surface area (Å²) in [6.07, 6.45) is 0.966. The first-order valence-corrected chi connectivity index (χ1v) is 14.0. The number of anilines is 1. The topological polar surface area (TPSA) is 86.8 Å². The first-order valence-electron chi connectivity index (χ1n) is 10.6. The van der Waals surface area contributed by atoms with Crippen molar-refractivity contribution >= 4 is 73.9 Å². The molecule has 0 unspecified atom stereocenters. The predicted octanol–water partition coefficient (Wildman–Crippen LogP) is 5.26. The molecule has 2 amide bonds. The van der Waals surface area contributed by atoms with E-state index < -0.39 is 28.5 Å². The average molecular weight is 583 g/mol. The van der Waals surface area contributed by atoms with Crippen molar-refractivity contribution in [3.63, 3.8) is 0 Å². The summed E-state index contributed by atoms with van der Waals surface area (Å²) in [4.78, 5) is 27.6. The summed E-state index contributed by atoms with van der Waals surface area (Å²) in [6.45, 7) is 5.31. The molecule has 2 rings (SSSR count). The molecule has 0 radical (unpaired) electrons. The minimum absolute atomic E-state index is 0.00204. The second kappa shape index (κ2) is 12.5. The molecule has 35 heavy (non-hydrogen) atoms. The number of halogens is 4.